The highest BCUT2D eigenvalue weighted by molar-refractivity contribution is 6.30. The minimum absolute atomic E-state index is 0.309. The zero-order valence-corrected chi connectivity index (χ0v) is 15.0. The average molecular weight is 373 g/mol. The highest BCUT2D eigenvalue weighted by Crippen LogP contribution is 2.24. The summed E-state index contributed by atoms with van der Waals surface area (Å²) in [4.78, 5) is 8.83. The van der Waals surface area contributed by atoms with Crippen LogP contribution in [0.4, 0.5) is 10.2 Å². The van der Waals surface area contributed by atoms with Crippen LogP contribution in [0.25, 0.3) is 11.4 Å². The molecule has 0 aliphatic rings. The van der Waals surface area contributed by atoms with Crippen molar-refractivity contribution < 1.29 is 9.12 Å². The Labute approximate surface area is 156 Å². The normalized spacial score (nSPS) is 10.7. The van der Waals surface area contributed by atoms with Gasteiger partial charge < -0.3 is 10.5 Å². The molecule has 2 aromatic heterocycles. The summed E-state index contributed by atoms with van der Waals surface area (Å²) in [6.45, 7) is 2.57. The van der Waals surface area contributed by atoms with Crippen molar-refractivity contribution in [2.75, 3.05) is 11.9 Å². The molecule has 2 heterocycles. The van der Waals surface area contributed by atoms with Crippen LogP contribution in [0, 0.1) is 11.0 Å². The minimum Gasteiger partial charge on any atom is -0.619 e. The van der Waals surface area contributed by atoms with E-state index in [9.17, 15) is 9.60 Å². The first kappa shape index (κ1) is 18.1. The molecule has 0 saturated carbocycles. The Morgan fingerprint density at radius 2 is 2.08 bits per heavy atom. The summed E-state index contributed by atoms with van der Waals surface area (Å²) in [5.41, 5.74) is 2.04. The Balaban J connectivity index is 1.79. The smallest absolute Gasteiger partial charge is 0.183 e. The van der Waals surface area contributed by atoms with Gasteiger partial charge >= 0.3 is 0 Å². The standard InChI is InChI=1S/C19H18ClFN4O/c1-2-15-11-18(22-8-7-13-4-3-9-25(26)12-13)24-19(23-15)16-6-5-14(20)10-17(16)21/h3-6,9-12H,2,7-8H2,1H3,(H,22,23,24). The van der Waals surface area contributed by atoms with Gasteiger partial charge in [-0.1, -0.05) is 18.5 Å². The van der Waals surface area contributed by atoms with Gasteiger partial charge in [0.15, 0.2) is 18.2 Å². The molecular weight excluding hydrogens is 355 g/mol. The largest absolute Gasteiger partial charge is 0.619 e. The molecule has 0 aliphatic carbocycles. The molecule has 0 amide bonds. The van der Waals surface area contributed by atoms with Crippen LogP contribution in [0.2, 0.25) is 5.02 Å². The SMILES string of the molecule is CCc1cc(NCCc2ccc[n+]([O-])c2)nc(-c2ccc(Cl)cc2F)n1. The van der Waals surface area contributed by atoms with E-state index < -0.39 is 5.82 Å². The van der Waals surface area contributed by atoms with Crippen molar-refractivity contribution in [2.45, 2.75) is 19.8 Å². The van der Waals surface area contributed by atoms with Crippen LogP contribution >= 0.6 is 11.6 Å². The fourth-order valence-electron chi connectivity index (χ4n) is 2.54. The second kappa shape index (κ2) is 8.10. The fraction of sp³-hybridized carbons (Fsp3) is 0.211. The number of aryl methyl sites for hydroxylation is 1. The van der Waals surface area contributed by atoms with Crippen LogP contribution in [0.15, 0.2) is 48.8 Å². The number of hydrogen-bond acceptors (Lipinski definition) is 4. The Morgan fingerprint density at radius 1 is 1.23 bits per heavy atom. The van der Waals surface area contributed by atoms with E-state index in [4.69, 9.17) is 11.6 Å². The summed E-state index contributed by atoms with van der Waals surface area (Å²) >= 11 is 5.81. The molecule has 0 radical (unpaired) electrons. The summed E-state index contributed by atoms with van der Waals surface area (Å²) in [7, 11) is 0. The topological polar surface area (TPSA) is 64.8 Å². The second-order valence-corrected chi connectivity index (χ2v) is 6.23. The number of nitrogens with zero attached hydrogens (tertiary/aromatic N) is 3. The van der Waals surface area contributed by atoms with Crippen molar-refractivity contribution >= 4 is 17.4 Å². The highest BCUT2D eigenvalue weighted by Gasteiger charge is 2.11. The average Bonchev–Trinajstić information content (AvgIpc) is 2.61. The lowest BCUT2D eigenvalue weighted by molar-refractivity contribution is -0.605. The lowest BCUT2D eigenvalue weighted by Crippen LogP contribution is -2.25. The summed E-state index contributed by atoms with van der Waals surface area (Å²) in [6.07, 6.45) is 4.35. The molecule has 134 valence electrons. The minimum atomic E-state index is -0.457. The van der Waals surface area contributed by atoms with Gasteiger partial charge in [0.2, 0.25) is 0 Å². The van der Waals surface area contributed by atoms with Crippen LogP contribution < -0.4 is 10.0 Å². The third-order valence-corrected chi connectivity index (χ3v) is 4.10. The first-order chi connectivity index (χ1) is 12.5. The lowest BCUT2D eigenvalue weighted by atomic mass is 10.2. The zero-order valence-electron chi connectivity index (χ0n) is 14.2. The van der Waals surface area contributed by atoms with Crippen LogP contribution in [0.5, 0.6) is 0 Å². The van der Waals surface area contributed by atoms with Gasteiger partial charge in [0.1, 0.15) is 11.6 Å². The van der Waals surface area contributed by atoms with Gasteiger partial charge in [0.25, 0.3) is 0 Å². The molecule has 0 saturated heterocycles. The molecule has 26 heavy (non-hydrogen) atoms. The van der Waals surface area contributed by atoms with Crippen LogP contribution in [-0.2, 0) is 12.8 Å². The van der Waals surface area contributed by atoms with Crippen molar-refractivity contribution in [1.82, 2.24) is 9.97 Å². The number of nitrogens with one attached hydrogen (secondary N) is 1. The van der Waals surface area contributed by atoms with E-state index in [0.717, 1.165) is 16.0 Å². The maximum Gasteiger partial charge on any atom is 0.183 e. The molecule has 0 atom stereocenters. The molecule has 3 aromatic rings. The van der Waals surface area contributed by atoms with Crippen molar-refractivity contribution in [2.24, 2.45) is 0 Å². The molecule has 1 N–H and O–H groups in total. The van der Waals surface area contributed by atoms with Crippen molar-refractivity contribution in [3.63, 3.8) is 0 Å². The van der Waals surface area contributed by atoms with E-state index >= 15 is 0 Å². The van der Waals surface area contributed by atoms with E-state index in [-0.39, 0.29) is 0 Å². The number of anilines is 1. The molecule has 0 unspecified atom stereocenters. The van der Waals surface area contributed by atoms with Gasteiger partial charge in [-0.05, 0) is 37.1 Å². The molecule has 0 bridgehead atoms. The van der Waals surface area contributed by atoms with Crippen LogP contribution in [-0.4, -0.2) is 16.5 Å². The summed E-state index contributed by atoms with van der Waals surface area (Å²) in [6, 6.07) is 9.89. The third-order valence-electron chi connectivity index (χ3n) is 3.87. The van der Waals surface area contributed by atoms with E-state index in [0.29, 0.717) is 41.6 Å². The molecule has 0 aliphatic heterocycles. The Kier molecular flexibility index (Phi) is 5.63. The third kappa shape index (κ3) is 4.46. The zero-order chi connectivity index (χ0) is 18.5. The number of aromatic nitrogens is 3. The van der Waals surface area contributed by atoms with E-state index in [2.05, 4.69) is 15.3 Å². The second-order valence-electron chi connectivity index (χ2n) is 5.79. The number of rotatable bonds is 6. The first-order valence-electron chi connectivity index (χ1n) is 8.30. The predicted octanol–water partition coefficient (Wildman–Crippen LogP) is 3.79. The van der Waals surface area contributed by atoms with Gasteiger partial charge in [-0.2, -0.15) is 4.73 Å². The Hall–Kier alpha value is -2.73. The monoisotopic (exact) mass is 372 g/mol. The van der Waals surface area contributed by atoms with Crippen molar-refractivity contribution in [1.29, 1.82) is 0 Å². The van der Waals surface area contributed by atoms with E-state index in [1.807, 2.05) is 19.1 Å². The molecule has 5 nitrogen and oxygen atoms in total. The summed E-state index contributed by atoms with van der Waals surface area (Å²) in [5, 5.41) is 14.8. The maximum absolute atomic E-state index is 14.2. The number of hydrogen-bond donors (Lipinski definition) is 1. The molecule has 0 spiro atoms. The maximum atomic E-state index is 14.2. The molecule has 1 aromatic carbocycles. The molecule has 0 fully saturated rings. The van der Waals surface area contributed by atoms with Crippen LogP contribution in [0.3, 0.4) is 0 Å². The molecule has 3 rings (SSSR count). The molecular formula is C19H18ClFN4O. The van der Waals surface area contributed by atoms with Gasteiger partial charge in [-0.3, -0.25) is 0 Å². The number of halogens is 2. The Bertz CT molecular complexity index is 920. The quantitative estimate of drug-likeness (QED) is 0.528. The van der Waals surface area contributed by atoms with E-state index in [1.54, 1.807) is 18.2 Å². The summed E-state index contributed by atoms with van der Waals surface area (Å²) in [5.74, 6) is 0.478. The van der Waals surface area contributed by atoms with Gasteiger partial charge in [0, 0.05) is 35.0 Å². The van der Waals surface area contributed by atoms with Gasteiger partial charge in [0.05, 0.1) is 5.56 Å². The fourth-order valence-corrected chi connectivity index (χ4v) is 2.70. The predicted molar refractivity (Wildman–Crippen MR) is 99.4 cm³/mol. The van der Waals surface area contributed by atoms with Gasteiger partial charge in [-0.15, -0.1) is 0 Å². The van der Waals surface area contributed by atoms with E-state index in [1.165, 1.54) is 18.5 Å². The highest BCUT2D eigenvalue weighted by atomic mass is 35.5. The van der Waals surface area contributed by atoms with Gasteiger partial charge in [-0.25, -0.2) is 14.4 Å². The first-order valence-corrected chi connectivity index (χ1v) is 8.68. The number of pyridine rings is 1. The summed E-state index contributed by atoms with van der Waals surface area (Å²) < 4.78 is 15.0. The van der Waals surface area contributed by atoms with Crippen LogP contribution in [0.1, 0.15) is 18.2 Å². The van der Waals surface area contributed by atoms with Crippen molar-refractivity contribution in [3.05, 3.63) is 76.1 Å². The van der Waals surface area contributed by atoms with Crippen molar-refractivity contribution in [3.8, 4) is 11.4 Å². The number of benzene rings is 1. The molecule has 7 heteroatoms. The Morgan fingerprint density at radius 3 is 2.81 bits per heavy atom. The lowest BCUT2D eigenvalue weighted by Gasteiger charge is -2.10.